The Hall–Kier alpha value is -1.63. The highest BCUT2D eigenvalue weighted by molar-refractivity contribution is 5.85. The molecule has 74 valence electrons. The van der Waals surface area contributed by atoms with E-state index in [-0.39, 0.29) is 0 Å². The first kappa shape index (κ1) is 11.4. The van der Waals surface area contributed by atoms with E-state index in [4.69, 9.17) is 15.3 Å². The fourth-order valence-electron chi connectivity index (χ4n) is 0.558. The van der Waals surface area contributed by atoms with E-state index in [2.05, 4.69) is 4.74 Å². The number of esters is 1. The van der Waals surface area contributed by atoms with Gasteiger partial charge >= 0.3 is 17.9 Å². The Morgan fingerprint density at radius 3 is 1.85 bits per heavy atom. The van der Waals surface area contributed by atoms with Gasteiger partial charge in [-0.25, -0.2) is 9.59 Å². The molecule has 3 N–H and O–H groups in total. The molecule has 0 heterocycles. The summed E-state index contributed by atoms with van der Waals surface area (Å²) in [5.74, 6) is -4.47. The Kier molecular flexibility index (Phi) is 3.86. The van der Waals surface area contributed by atoms with Gasteiger partial charge < -0.3 is 20.1 Å². The fourth-order valence-corrected chi connectivity index (χ4v) is 0.558. The van der Waals surface area contributed by atoms with E-state index in [1.165, 1.54) is 0 Å². The summed E-state index contributed by atoms with van der Waals surface area (Å²) in [6, 6.07) is 0. The molecule has 7 heteroatoms. The summed E-state index contributed by atoms with van der Waals surface area (Å²) in [7, 11) is 0. The number of carboxylic acid groups (broad SMARTS) is 2. The van der Waals surface area contributed by atoms with Crippen LogP contribution in [0.5, 0.6) is 0 Å². The van der Waals surface area contributed by atoms with E-state index in [1.54, 1.807) is 0 Å². The van der Waals surface area contributed by atoms with Crippen LogP contribution in [0.1, 0.15) is 6.92 Å². The molecule has 2 unspecified atom stereocenters. The average molecular weight is 192 g/mol. The molecule has 0 radical (unpaired) electrons. The van der Waals surface area contributed by atoms with Crippen LogP contribution in [-0.2, 0) is 19.1 Å². The van der Waals surface area contributed by atoms with Crippen LogP contribution in [0.4, 0.5) is 0 Å². The first-order valence-electron chi connectivity index (χ1n) is 3.17. The maximum absolute atomic E-state index is 10.3. The standard InChI is InChI=1S/C6H8O7/c1-2(7)13-4(6(11)12)3(8)5(9)10/h3-4,8H,1H3,(H,9,10)(H,11,12). The highest BCUT2D eigenvalue weighted by Gasteiger charge is 2.34. The molecule has 0 saturated carbocycles. The SMILES string of the molecule is CC(=O)OC(C(=O)O)C(O)C(=O)O. The summed E-state index contributed by atoms with van der Waals surface area (Å²) in [6.45, 7) is 0.907. The van der Waals surface area contributed by atoms with Crippen LogP contribution in [0.15, 0.2) is 0 Å². The van der Waals surface area contributed by atoms with E-state index >= 15 is 0 Å². The quantitative estimate of drug-likeness (QED) is 0.461. The van der Waals surface area contributed by atoms with Crippen LogP contribution >= 0.6 is 0 Å². The molecule has 7 nitrogen and oxygen atoms in total. The molecule has 0 amide bonds. The molecule has 0 aliphatic carbocycles. The maximum Gasteiger partial charge on any atom is 0.348 e. The number of aliphatic hydroxyl groups is 1. The molecule has 0 saturated heterocycles. The average Bonchev–Trinajstić information content (AvgIpc) is 1.97. The minimum Gasteiger partial charge on any atom is -0.479 e. The van der Waals surface area contributed by atoms with Crippen molar-refractivity contribution in [2.45, 2.75) is 19.1 Å². The number of carboxylic acids is 2. The van der Waals surface area contributed by atoms with Gasteiger partial charge in [0.15, 0.2) is 6.10 Å². The summed E-state index contributed by atoms with van der Waals surface area (Å²) < 4.78 is 4.07. The molecular formula is C6H8O7. The van der Waals surface area contributed by atoms with Gasteiger partial charge in [-0.2, -0.15) is 0 Å². The van der Waals surface area contributed by atoms with Crippen molar-refractivity contribution in [3.8, 4) is 0 Å². The van der Waals surface area contributed by atoms with Crippen molar-refractivity contribution in [2.75, 3.05) is 0 Å². The Morgan fingerprint density at radius 1 is 1.15 bits per heavy atom. The molecule has 13 heavy (non-hydrogen) atoms. The lowest BCUT2D eigenvalue weighted by Gasteiger charge is -2.14. The van der Waals surface area contributed by atoms with E-state index in [1.807, 2.05) is 0 Å². The first-order valence-corrected chi connectivity index (χ1v) is 3.17. The van der Waals surface area contributed by atoms with Gasteiger partial charge in [0.25, 0.3) is 0 Å². The molecule has 0 aliphatic heterocycles. The third-order valence-electron chi connectivity index (χ3n) is 1.08. The third-order valence-corrected chi connectivity index (χ3v) is 1.08. The predicted molar refractivity (Wildman–Crippen MR) is 36.8 cm³/mol. The number of aliphatic carboxylic acids is 2. The van der Waals surface area contributed by atoms with Gasteiger partial charge in [-0.15, -0.1) is 0 Å². The second-order valence-corrected chi connectivity index (χ2v) is 2.15. The van der Waals surface area contributed by atoms with Crippen LogP contribution < -0.4 is 0 Å². The van der Waals surface area contributed by atoms with E-state index in [0.717, 1.165) is 6.92 Å². The van der Waals surface area contributed by atoms with Crippen molar-refractivity contribution in [2.24, 2.45) is 0 Å². The Bertz CT molecular complexity index is 233. The highest BCUT2D eigenvalue weighted by Crippen LogP contribution is 2.01. The summed E-state index contributed by atoms with van der Waals surface area (Å²) in [4.78, 5) is 30.7. The van der Waals surface area contributed by atoms with Gasteiger partial charge in [-0.1, -0.05) is 0 Å². The van der Waals surface area contributed by atoms with Crippen molar-refractivity contribution in [3.63, 3.8) is 0 Å². The van der Waals surface area contributed by atoms with Crippen LogP contribution in [0, 0.1) is 0 Å². The molecule has 0 aromatic rings. The highest BCUT2D eigenvalue weighted by atomic mass is 16.6. The maximum atomic E-state index is 10.3. The minimum atomic E-state index is -2.26. The van der Waals surface area contributed by atoms with E-state index < -0.39 is 30.1 Å². The van der Waals surface area contributed by atoms with Crippen LogP contribution in [0.25, 0.3) is 0 Å². The van der Waals surface area contributed by atoms with Crippen molar-refractivity contribution >= 4 is 17.9 Å². The Balaban J connectivity index is 4.51. The topological polar surface area (TPSA) is 121 Å². The van der Waals surface area contributed by atoms with Crippen molar-refractivity contribution < 1.29 is 34.4 Å². The van der Waals surface area contributed by atoms with Crippen LogP contribution in [-0.4, -0.2) is 45.4 Å². The lowest BCUT2D eigenvalue weighted by molar-refractivity contribution is -0.177. The first-order chi connectivity index (χ1) is 5.86. The number of carbonyl (C=O) groups is 3. The number of hydrogen-bond acceptors (Lipinski definition) is 5. The van der Waals surface area contributed by atoms with Crippen molar-refractivity contribution in [1.82, 2.24) is 0 Å². The largest absolute Gasteiger partial charge is 0.479 e. The van der Waals surface area contributed by atoms with Gasteiger partial charge in [-0.05, 0) is 0 Å². The molecule has 0 aromatic carbocycles. The Morgan fingerprint density at radius 2 is 1.62 bits per heavy atom. The second-order valence-electron chi connectivity index (χ2n) is 2.15. The predicted octanol–water partition coefficient (Wildman–Crippen LogP) is -1.55. The van der Waals surface area contributed by atoms with Gasteiger partial charge in [-0.3, -0.25) is 4.79 Å². The smallest absolute Gasteiger partial charge is 0.348 e. The van der Waals surface area contributed by atoms with E-state index in [0.29, 0.717) is 0 Å². The van der Waals surface area contributed by atoms with Gasteiger partial charge in [0.05, 0.1) is 0 Å². The zero-order valence-electron chi connectivity index (χ0n) is 6.63. The molecule has 0 rings (SSSR count). The summed E-state index contributed by atoms with van der Waals surface area (Å²) in [5, 5.41) is 25.3. The van der Waals surface area contributed by atoms with Crippen LogP contribution in [0.3, 0.4) is 0 Å². The minimum absolute atomic E-state index is 0.907. The lowest BCUT2D eigenvalue weighted by Crippen LogP contribution is -2.42. The molecule has 0 aliphatic rings. The number of carbonyl (C=O) groups excluding carboxylic acids is 1. The summed E-state index contributed by atoms with van der Waals surface area (Å²) >= 11 is 0. The van der Waals surface area contributed by atoms with Crippen LogP contribution in [0.2, 0.25) is 0 Å². The van der Waals surface area contributed by atoms with Crippen molar-refractivity contribution in [3.05, 3.63) is 0 Å². The molecule has 0 bridgehead atoms. The van der Waals surface area contributed by atoms with Gasteiger partial charge in [0, 0.05) is 6.92 Å². The number of aliphatic hydroxyl groups excluding tert-OH is 1. The molecule has 0 spiro atoms. The monoisotopic (exact) mass is 192 g/mol. The molecule has 0 fully saturated rings. The zero-order valence-corrected chi connectivity index (χ0v) is 6.63. The lowest BCUT2D eigenvalue weighted by atomic mass is 10.2. The zero-order chi connectivity index (χ0) is 10.6. The fraction of sp³-hybridized carbons (Fsp3) is 0.500. The normalized spacial score (nSPS) is 14.3. The second kappa shape index (κ2) is 4.41. The third kappa shape index (κ3) is 3.52. The molecule has 2 atom stereocenters. The molecule has 0 aromatic heterocycles. The number of ether oxygens (including phenoxy) is 1. The van der Waals surface area contributed by atoms with E-state index in [9.17, 15) is 14.4 Å². The number of hydrogen-bond donors (Lipinski definition) is 3. The van der Waals surface area contributed by atoms with Crippen molar-refractivity contribution in [1.29, 1.82) is 0 Å². The molecular weight excluding hydrogens is 184 g/mol. The summed E-state index contributed by atoms with van der Waals surface area (Å²) in [6.07, 6.45) is -4.34. The Labute approximate surface area is 72.5 Å². The number of rotatable bonds is 4. The van der Waals surface area contributed by atoms with Gasteiger partial charge in [0.1, 0.15) is 0 Å². The summed E-state index contributed by atoms with van der Waals surface area (Å²) in [5.41, 5.74) is 0. The van der Waals surface area contributed by atoms with Gasteiger partial charge in [0.2, 0.25) is 6.10 Å².